The van der Waals surface area contributed by atoms with Crippen LogP contribution in [0.25, 0.3) is 5.69 Å². The number of pyridine rings is 1. The lowest BCUT2D eigenvalue weighted by molar-refractivity contribution is -0.148. The normalized spacial score (nSPS) is 19.5. The third kappa shape index (κ3) is 4.49. The van der Waals surface area contributed by atoms with Gasteiger partial charge in [0.05, 0.1) is 18.8 Å². The van der Waals surface area contributed by atoms with Crippen molar-refractivity contribution < 1.29 is 30.7 Å². The number of nitrogens with zero attached hydrogens (tertiary/aromatic N) is 6. The lowest BCUT2D eigenvalue weighted by Gasteiger charge is -2.59. The summed E-state index contributed by atoms with van der Waals surface area (Å²) >= 11 is 6.15. The molecule has 202 valence electrons. The Balaban J connectivity index is 1.22. The molecule has 2 aromatic heterocycles. The molecule has 38 heavy (non-hydrogen) atoms. The van der Waals surface area contributed by atoms with Gasteiger partial charge in [0, 0.05) is 36.0 Å². The summed E-state index contributed by atoms with van der Waals surface area (Å²) in [6.07, 6.45) is -7.79. The van der Waals surface area contributed by atoms with Gasteiger partial charge in [0.25, 0.3) is 0 Å². The molecule has 0 radical (unpaired) electrons. The smallest absolute Gasteiger partial charge is 0.353 e. The van der Waals surface area contributed by atoms with Crippen LogP contribution >= 0.6 is 11.6 Å². The van der Waals surface area contributed by atoms with Gasteiger partial charge in [-0.3, -0.25) is 9.47 Å². The van der Waals surface area contributed by atoms with Gasteiger partial charge in [0.1, 0.15) is 11.5 Å². The van der Waals surface area contributed by atoms with E-state index in [0.717, 1.165) is 6.07 Å². The highest BCUT2D eigenvalue weighted by molar-refractivity contribution is 6.30. The first-order valence-corrected chi connectivity index (χ1v) is 12.2. The molecular weight excluding hydrogens is 541 g/mol. The molecule has 1 saturated heterocycles. The highest BCUT2D eigenvalue weighted by Crippen LogP contribution is 2.57. The number of hydrogen-bond acceptors (Lipinski definition) is 5. The zero-order valence-corrected chi connectivity index (χ0v) is 20.4. The van der Waals surface area contributed by atoms with Crippen molar-refractivity contribution in [1.29, 1.82) is 0 Å². The van der Waals surface area contributed by atoms with Crippen LogP contribution in [0.15, 0.2) is 30.3 Å². The third-order valence-corrected chi connectivity index (χ3v) is 7.63. The number of rotatable bonds is 3. The number of fused-ring (bicyclic) bond motifs is 3. The van der Waals surface area contributed by atoms with Gasteiger partial charge in [-0.2, -0.15) is 26.3 Å². The summed E-state index contributed by atoms with van der Waals surface area (Å²) in [5.41, 5.74) is -0.0854. The number of anilines is 1. The first-order chi connectivity index (χ1) is 17.8. The Morgan fingerprint density at radius 1 is 0.974 bits per heavy atom. The summed E-state index contributed by atoms with van der Waals surface area (Å²) in [6.45, 7) is -0.422. The van der Waals surface area contributed by atoms with Crippen LogP contribution in [-0.2, 0) is 19.3 Å². The Kier molecular flexibility index (Phi) is 5.69. The molecule has 1 aliphatic carbocycles. The summed E-state index contributed by atoms with van der Waals surface area (Å²) in [5.74, 6) is -0.192. The second kappa shape index (κ2) is 8.54. The van der Waals surface area contributed by atoms with Gasteiger partial charge in [-0.15, -0.1) is 10.2 Å². The van der Waals surface area contributed by atoms with E-state index >= 15 is 0 Å². The van der Waals surface area contributed by atoms with Crippen LogP contribution in [0.1, 0.15) is 41.7 Å². The fourth-order valence-corrected chi connectivity index (χ4v) is 6.07. The maximum atomic E-state index is 14.3. The van der Waals surface area contributed by atoms with Gasteiger partial charge in [-0.25, -0.2) is 9.37 Å². The minimum Gasteiger partial charge on any atom is -0.353 e. The minimum atomic E-state index is -4.67. The van der Waals surface area contributed by atoms with Gasteiger partial charge in [-0.1, -0.05) is 11.6 Å². The number of alkyl halides is 6. The van der Waals surface area contributed by atoms with Crippen molar-refractivity contribution in [3.8, 4) is 5.69 Å². The SMILES string of the molecule is Fc1ccc(C(F)(F)F)nc1N1CC2(CC(c3nnc4n3-c3ccc(Cl)cc3CN(CC(F)(F)F)C4)C2)C1. The minimum absolute atomic E-state index is 0.0390. The van der Waals surface area contributed by atoms with Crippen LogP contribution in [0.4, 0.5) is 36.6 Å². The number of aromatic nitrogens is 4. The average Bonchev–Trinajstić information content (AvgIpc) is 3.07. The van der Waals surface area contributed by atoms with Gasteiger partial charge in [0.2, 0.25) is 0 Å². The van der Waals surface area contributed by atoms with E-state index in [2.05, 4.69) is 15.2 Å². The van der Waals surface area contributed by atoms with Crippen LogP contribution in [-0.4, -0.2) is 50.5 Å². The highest BCUT2D eigenvalue weighted by atomic mass is 35.5. The van der Waals surface area contributed by atoms with Gasteiger partial charge in [0.15, 0.2) is 17.5 Å². The maximum absolute atomic E-state index is 14.3. The lowest BCUT2D eigenvalue weighted by atomic mass is 9.57. The standard InChI is InChI=1S/C24H20ClF7N6/c25-15-1-3-17-13(5-15)8-36(12-23(27,28)29)9-19-34-35-20(38(17)19)14-6-22(7-14)10-37(11-22)21-16(26)2-4-18(33-21)24(30,31)32/h1-5,14H,6-12H2. The van der Waals surface area contributed by atoms with Crippen molar-refractivity contribution in [3.63, 3.8) is 0 Å². The van der Waals surface area contributed by atoms with Crippen molar-refractivity contribution in [2.24, 2.45) is 5.41 Å². The second-order valence-corrected chi connectivity index (χ2v) is 10.7. The molecular formula is C24H20ClF7N6. The highest BCUT2D eigenvalue weighted by Gasteiger charge is 2.55. The molecule has 0 bridgehead atoms. The monoisotopic (exact) mass is 560 g/mol. The summed E-state index contributed by atoms with van der Waals surface area (Å²) in [4.78, 5) is 6.24. The van der Waals surface area contributed by atoms with Crippen molar-refractivity contribution in [3.05, 3.63) is 64.1 Å². The number of hydrogen-bond donors (Lipinski definition) is 0. The van der Waals surface area contributed by atoms with E-state index in [4.69, 9.17) is 11.6 Å². The molecule has 3 aliphatic rings. The van der Waals surface area contributed by atoms with Crippen LogP contribution < -0.4 is 4.90 Å². The summed E-state index contributed by atoms with van der Waals surface area (Å²) < 4.78 is 94.7. The van der Waals surface area contributed by atoms with Crippen molar-refractivity contribution >= 4 is 17.4 Å². The van der Waals surface area contributed by atoms with E-state index in [1.165, 1.54) is 9.80 Å². The molecule has 0 atom stereocenters. The summed E-state index contributed by atoms with van der Waals surface area (Å²) in [7, 11) is 0. The molecule has 0 N–H and O–H groups in total. The Morgan fingerprint density at radius 3 is 2.39 bits per heavy atom. The van der Waals surface area contributed by atoms with Crippen LogP contribution in [0.3, 0.4) is 0 Å². The Hall–Kier alpha value is -2.93. The van der Waals surface area contributed by atoms with Gasteiger partial charge < -0.3 is 4.90 Å². The summed E-state index contributed by atoms with van der Waals surface area (Å²) in [6, 6.07) is 6.44. The molecule has 6 nitrogen and oxygen atoms in total. The van der Waals surface area contributed by atoms with Crippen molar-refractivity contribution in [2.75, 3.05) is 24.5 Å². The first-order valence-electron chi connectivity index (χ1n) is 11.8. The van der Waals surface area contributed by atoms with Crippen LogP contribution in [0.2, 0.25) is 5.02 Å². The number of benzene rings is 1. The molecule has 4 heterocycles. The molecule has 3 aromatic rings. The molecule has 1 saturated carbocycles. The molecule has 1 aromatic carbocycles. The van der Waals surface area contributed by atoms with E-state index in [1.807, 2.05) is 0 Å². The predicted molar refractivity (Wildman–Crippen MR) is 122 cm³/mol. The quantitative estimate of drug-likeness (QED) is 0.383. The molecule has 2 aliphatic heterocycles. The molecule has 14 heteroatoms. The van der Waals surface area contributed by atoms with E-state index in [9.17, 15) is 30.7 Å². The second-order valence-electron chi connectivity index (χ2n) is 10.3. The van der Waals surface area contributed by atoms with Crippen molar-refractivity contribution in [1.82, 2.24) is 24.6 Å². The topological polar surface area (TPSA) is 50.1 Å². The summed E-state index contributed by atoms with van der Waals surface area (Å²) in [5, 5.41) is 8.95. The fourth-order valence-electron chi connectivity index (χ4n) is 5.87. The average molecular weight is 561 g/mol. The van der Waals surface area contributed by atoms with E-state index in [0.29, 0.717) is 59.9 Å². The van der Waals surface area contributed by atoms with Gasteiger partial charge in [-0.05, 0) is 48.7 Å². The third-order valence-electron chi connectivity index (χ3n) is 7.39. The molecule has 2 fully saturated rings. The first kappa shape index (κ1) is 25.4. The van der Waals surface area contributed by atoms with Gasteiger partial charge >= 0.3 is 12.4 Å². The molecule has 0 unspecified atom stereocenters. The zero-order chi connectivity index (χ0) is 27.0. The maximum Gasteiger partial charge on any atom is 0.433 e. The van der Waals surface area contributed by atoms with Crippen LogP contribution in [0, 0.1) is 11.2 Å². The molecule has 0 amide bonds. The lowest BCUT2D eigenvalue weighted by Crippen LogP contribution is -2.62. The van der Waals surface area contributed by atoms with E-state index < -0.39 is 30.4 Å². The van der Waals surface area contributed by atoms with Crippen molar-refractivity contribution in [2.45, 2.75) is 44.2 Å². The Bertz CT molecular complexity index is 1390. The largest absolute Gasteiger partial charge is 0.433 e. The Morgan fingerprint density at radius 2 is 1.71 bits per heavy atom. The van der Waals surface area contributed by atoms with E-state index in [1.54, 1.807) is 22.8 Å². The molecule has 6 rings (SSSR count). The number of halogens is 8. The Labute approximate surface area is 217 Å². The predicted octanol–water partition coefficient (Wildman–Crippen LogP) is 5.74. The van der Waals surface area contributed by atoms with Crippen LogP contribution in [0.5, 0.6) is 0 Å². The zero-order valence-electron chi connectivity index (χ0n) is 19.6. The fraction of sp³-hybridized carbons (Fsp3) is 0.458. The molecule has 1 spiro atoms. The van der Waals surface area contributed by atoms with E-state index in [-0.39, 0.29) is 30.2 Å².